The molecule has 2 atom stereocenters. The van der Waals surface area contributed by atoms with Crippen LogP contribution in [0, 0.1) is 0 Å². The maximum absolute atomic E-state index is 12.1. The number of carbonyl (C=O) groups is 3. The van der Waals surface area contributed by atoms with Gasteiger partial charge in [0.25, 0.3) is 0 Å². The minimum atomic E-state index is -0.528. The molecule has 108 valence electrons. The largest absolute Gasteiger partial charge is 0.368 e. The molecular formula is C14H18N2O3S. The Hall–Kier alpha value is -1.69. The van der Waals surface area contributed by atoms with E-state index in [9.17, 15) is 14.4 Å². The number of thiophene rings is 1. The normalized spacial score (nSPS) is 20.2. The minimum absolute atomic E-state index is 0.0333. The summed E-state index contributed by atoms with van der Waals surface area (Å²) in [5.74, 6) is -0.421. The highest BCUT2D eigenvalue weighted by Gasteiger charge is 2.37. The summed E-state index contributed by atoms with van der Waals surface area (Å²) in [6.45, 7) is 3.87. The second-order valence-corrected chi connectivity index (χ2v) is 6.15. The molecule has 2 N–H and O–H groups in total. The zero-order valence-corrected chi connectivity index (χ0v) is 12.4. The Balaban J connectivity index is 2.15. The highest BCUT2D eigenvalue weighted by Crippen LogP contribution is 2.34. The zero-order valence-electron chi connectivity index (χ0n) is 11.6. The highest BCUT2D eigenvalue weighted by atomic mass is 32.1. The molecule has 0 bridgehead atoms. The van der Waals surface area contributed by atoms with Gasteiger partial charge >= 0.3 is 0 Å². The molecule has 20 heavy (non-hydrogen) atoms. The summed E-state index contributed by atoms with van der Waals surface area (Å²) >= 11 is 1.43. The maximum atomic E-state index is 12.1. The average Bonchev–Trinajstić information content (AvgIpc) is 2.97. The molecule has 0 saturated carbocycles. The van der Waals surface area contributed by atoms with Crippen molar-refractivity contribution in [2.75, 3.05) is 6.54 Å². The van der Waals surface area contributed by atoms with E-state index in [1.165, 1.54) is 18.3 Å². The first-order valence-electron chi connectivity index (χ1n) is 6.63. The van der Waals surface area contributed by atoms with Crippen molar-refractivity contribution < 1.29 is 14.4 Å². The first-order valence-corrected chi connectivity index (χ1v) is 7.45. The zero-order chi connectivity index (χ0) is 14.9. The van der Waals surface area contributed by atoms with Gasteiger partial charge in [-0.25, -0.2) is 0 Å². The summed E-state index contributed by atoms with van der Waals surface area (Å²) < 4.78 is 0. The minimum Gasteiger partial charge on any atom is -0.368 e. The Bertz CT molecular complexity index is 552. The van der Waals surface area contributed by atoms with E-state index >= 15 is 0 Å². The van der Waals surface area contributed by atoms with Crippen LogP contribution in [0.25, 0.3) is 0 Å². The number of amides is 2. The third kappa shape index (κ3) is 2.75. The number of hydrogen-bond donors (Lipinski definition) is 1. The molecule has 1 saturated heterocycles. The Labute approximate surface area is 121 Å². The Morgan fingerprint density at radius 1 is 1.50 bits per heavy atom. The van der Waals surface area contributed by atoms with Gasteiger partial charge in [0.2, 0.25) is 11.8 Å². The summed E-state index contributed by atoms with van der Waals surface area (Å²) in [5.41, 5.74) is 5.34. The molecule has 1 aliphatic rings. The molecule has 6 heteroatoms. The number of Topliss-reactive ketones (excluding diaryl/α,β-unsaturated/α-hetero) is 1. The van der Waals surface area contributed by atoms with Gasteiger partial charge in [-0.05, 0) is 25.5 Å². The van der Waals surface area contributed by atoms with Crippen LogP contribution in [0.5, 0.6) is 0 Å². The lowest BCUT2D eigenvalue weighted by molar-refractivity contribution is -0.136. The number of primary amides is 1. The van der Waals surface area contributed by atoms with Gasteiger partial charge < -0.3 is 10.6 Å². The van der Waals surface area contributed by atoms with E-state index in [-0.39, 0.29) is 17.6 Å². The standard InChI is InChI=1S/C14H18N2O3S/c1-3-10(14(15)19)16-7-9(6-13(16)18)12-5-4-11(20-12)8(2)17/h4-5,9-10H,3,6-7H2,1-2H3,(H2,15,19). The first kappa shape index (κ1) is 14.7. The van der Waals surface area contributed by atoms with Gasteiger partial charge in [-0.15, -0.1) is 11.3 Å². The number of likely N-dealkylation sites (tertiary alicyclic amines) is 1. The number of ketones is 1. The molecule has 2 unspecified atom stereocenters. The molecular weight excluding hydrogens is 276 g/mol. The van der Waals surface area contributed by atoms with Crippen molar-refractivity contribution in [3.05, 3.63) is 21.9 Å². The van der Waals surface area contributed by atoms with E-state index in [2.05, 4.69) is 0 Å². The average molecular weight is 294 g/mol. The van der Waals surface area contributed by atoms with Crippen LogP contribution in [0.3, 0.4) is 0 Å². The number of nitrogens with two attached hydrogens (primary N) is 1. The predicted molar refractivity (Wildman–Crippen MR) is 76.7 cm³/mol. The fourth-order valence-corrected chi connectivity index (χ4v) is 3.55. The van der Waals surface area contributed by atoms with Crippen molar-refractivity contribution in [1.29, 1.82) is 0 Å². The van der Waals surface area contributed by atoms with E-state index in [4.69, 9.17) is 5.73 Å². The van der Waals surface area contributed by atoms with Crippen LogP contribution in [0.15, 0.2) is 12.1 Å². The molecule has 1 aromatic rings. The Morgan fingerprint density at radius 2 is 2.20 bits per heavy atom. The van der Waals surface area contributed by atoms with E-state index in [1.807, 2.05) is 13.0 Å². The molecule has 0 spiro atoms. The molecule has 1 fully saturated rings. The topological polar surface area (TPSA) is 80.5 Å². The van der Waals surface area contributed by atoms with Crippen LogP contribution in [0.4, 0.5) is 0 Å². The van der Waals surface area contributed by atoms with Crippen LogP contribution < -0.4 is 5.73 Å². The molecule has 2 amide bonds. The van der Waals surface area contributed by atoms with Crippen LogP contribution in [0.1, 0.15) is 47.2 Å². The quantitative estimate of drug-likeness (QED) is 0.836. The molecule has 2 rings (SSSR count). The van der Waals surface area contributed by atoms with Crippen LogP contribution >= 0.6 is 11.3 Å². The lowest BCUT2D eigenvalue weighted by Gasteiger charge is -2.24. The molecule has 1 aromatic heterocycles. The maximum Gasteiger partial charge on any atom is 0.240 e. The molecule has 2 heterocycles. The third-order valence-electron chi connectivity index (χ3n) is 3.63. The number of hydrogen-bond acceptors (Lipinski definition) is 4. The monoisotopic (exact) mass is 294 g/mol. The molecule has 0 radical (unpaired) electrons. The van der Waals surface area contributed by atoms with Gasteiger partial charge in [0.1, 0.15) is 6.04 Å². The number of nitrogens with zero attached hydrogens (tertiary/aromatic N) is 1. The molecule has 0 aliphatic carbocycles. The number of carbonyl (C=O) groups excluding carboxylic acids is 3. The van der Waals surface area contributed by atoms with Gasteiger partial charge in [-0.1, -0.05) is 6.92 Å². The van der Waals surface area contributed by atoms with Crippen molar-refractivity contribution >= 4 is 28.9 Å². The van der Waals surface area contributed by atoms with Gasteiger partial charge in [0, 0.05) is 23.8 Å². The first-order chi connectivity index (χ1) is 9.43. The fraction of sp³-hybridized carbons (Fsp3) is 0.500. The van der Waals surface area contributed by atoms with Gasteiger partial charge in [0.15, 0.2) is 5.78 Å². The highest BCUT2D eigenvalue weighted by molar-refractivity contribution is 7.14. The van der Waals surface area contributed by atoms with E-state index in [0.29, 0.717) is 24.3 Å². The lowest BCUT2D eigenvalue weighted by Crippen LogP contribution is -2.45. The molecule has 0 aromatic carbocycles. The van der Waals surface area contributed by atoms with Crippen LogP contribution in [-0.4, -0.2) is 35.1 Å². The van der Waals surface area contributed by atoms with Crippen molar-refractivity contribution in [2.24, 2.45) is 5.73 Å². The lowest BCUT2D eigenvalue weighted by atomic mass is 10.1. The van der Waals surface area contributed by atoms with Crippen LogP contribution in [0.2, 0.25) is 0 Å². The fourth-order valence-electron chi connectivity index (χ4n) is 2.56. The summed E-state index contributed by atoms with van der Waals surface area (Å²) in [6, 6.07) is 3.16. The van der Waals surface area contributed by atoms with Crippen molar-refractivity contribution in [3.8, 4) is 0 Å². The Kier molecular flexibility index (Phi) is 4.23. The summed E-state index contributed by atoms with van der Waals surface area (Å²) in [4.78, 5) is 38.1. The predicted octanol–water partition coefficient (Wildman–Crippen LogP) is 1.53. The second-order valence-electron chi connectivity index (χ2n) is 5.03. The smallest absolute Gasteiger partial charge is 0.240 e. The van der Waals surface area contributed by atoms with E-state index in [1.54, 1.807) is 11.0 Å². The molecule has 5 nitrogen and oxygen atoms in total. The van der Waals surface area contributed by atoms with Gasteiger partial charge in [-0.2, -0.15) is 0 Å². The number of rotatable bonds is 5. The van der Waals surface area contributed by atoms with E-state index < -0.39 is 11.9 Å². The van der Waals surface area contributed by atoms with Crippen LogP contribution in [-0.2, 0) is 9.59 Å². The second kappa shape index (κ2) is 5.75. The van der Waals surface area contributed by atoms with E-state index in [0.717, 1.165) is 4.88 Å². The Morgan fingerprint density at radius 3 is 2.70 bits per heavy atom. The third-order valence-corrected chi connectivity index (χ3v) is 4.97. The molecule has 1 aliphatic heterocycles. The summed E-state index contributed by atoms with van der Waals surface area (Å²) in [5, 5.41) is 0. The van der Waals surface area contributed by atoms with Crippen molar-refractivity contribution in [1.82, 2.24) is 4.90 Å². The van der Waals surface area contributed by atoms with Gasteiger partial charge in [-0.3, -0.25) is 14.4 Å². The van der Waals surface area contributed by atoms with Crippen molar-refractivity contribution in [2.45, 2.75) is 38.6 Å². The van der Waals surface area contributed by atoms with Gasteiger partial charge in [0.05, 0.1) is 4.88 Å². The SMILES string of the molecule is CCC(C(N)=O)N1CC(c2ccc(C(C)=O)s2)CC1=O. The van der Waals surface area contributed by atoms with Crippen molar-refractivity contribution in [3.63, 3.8) is 0 Å². The summed E-state index contributed by atoms with van der Waals surface area (Å²) in [6.07, 6.45) is 0.901. The summed E-state index contributed by atoms with van der Waals surface area (Å²) in [7, 11) is 0.